The Kier molecular flexibility index (Phi) is 6.26. The van der Waals surface area contributed by atoms with Crippen molar-refractivity contribution in [1.82, 2.24) is 0 Å². The van der Waals surface area contributed by atoms with Crippen LogP contribution in [0.5, 0.6) is 11.5 Å². The molecule has 4 heteroatoms. The minimum Gasteiger partial charge on any atom is -0.504 e. The maximum absolute atomic E-state index is 10.7. The second-order valence-corrected chi connectivity index (χ2v) is 7.78. The normalized spacial score (nSPS) is 13.4. The Morgan fingerprint density at radius 2 is 1.75 bits per heavy atom. The molecule has 0 saturated carbocycles. The lowest BCUT2D eigenvalue weighted by Gasteiger charge is -2.34. The van der Waals surface area contributed by atoms with Crippen LogP contribution < -0.4 is 10.0 Å². The quantitative estimate of drug-likeness (QED) is 0.727. The van der Waals surface area contributed by atoms with Crippen LogP contribution in [0.2, 0.25) is 0 Å². The summed E-state index contributed by atoms with van der Waals surface area (Å²) in [7, 11) is 2.03. The van der Waals surface area contributed by atoms with Gasteiger partial charge in [0.25, 0.3) is 0 Å². The van der Waals surface area contributed by atoms with Gasteiger partial charge in [0.15, 0.2) is 11.5 Å². The molecule has 0 heterocycles. The number of rotatable bonds is 7. The summed E-state index contributed by atoms with van der Waals surface area (Å²) in [6, 6.07) is 13.7. The topological polar surface area (TPSA) is 49.7 Å². The Hall–Kier alpha value is -1.57. The van der Waals surface area contributed by atoms with Crippen LogP contribution in [-0.4, -0.2) is 17.3 Å². The monoisotopic (exact) mass is 346 g/mol. The van der Waals surface area contributed by atoms with Crippen LogP contribution >= 0.6 is 8.58 Å². The van der Waals surface area contributed by atoms with Crippen molar-refractivity contribution in [2.45, 2.75) is 44.9 Å². The van der Waals surface area contributed by atoms with E-state index in [1.54, 1.807) is 20.1 Å². The van der Waals surface area contributed by atoms with Crippen molar-refractivity contribution >= 4 is 13.9 Å². The molecule has 0 fully saturated rings. The molecule has 2 aromatic carbocycles. The summed E-state index contributed by atoms with van der Waals surface area (Å²) >= 11 is 0. The first-order valence-corrected chi connectivity index (χ1v) is 9.40. The molecule has 0 aliphatic rings. The third-order valence-corrected chi connectivity index (χ3v) is 6.91. The predicted octanol–water partition coefficient (Wildman–Crippen LogP) is 4.47. The summed E-state index contributed by atoms with van der Waals surface area (Å²) in [5, 5.41) is 21.7. The molecular formula is C20H27O3P. The fourth-order valence-electron chi connectivity index (χ4n) is 3.18. The Morgan fingerprint density at radius 1 is 1.08 bits per heavy atom. The summed E-state index contributed by atoms with van der Waals surface area (Å²) in [5.74, 6) is 0.734. The van der Waals surface area contributed by atoms with E-state index in [0.29, 0.717) is 14.3 Å². The van der Waals surface area contributed by atoms with E-state index >= 15 is 0 Å². The van der Waals surface area contributed by atoms with Gasteiger partial charge in [0.1, 0.15) is 0 Å². The van der Waals surface area contributed by atoms with Crippen LogP contribution in [0, 0.1) is 0 Å². The van der Waals surface area contributed by atoms with Crippen molar-refractivity contribution in [2.24, 2.45) is 0 Å². The molecular weight excluding hydrogens is 319 g/mol. The summed E-state index contributed by atoms with van der Waals surface area (Å²) < 4.78 is 5.30. The lowest BCUT2D eigenvalue weighted by molar-refractivity contribution is 0.200. The largest absolute Gasteiger partial charge is 0.504 e. The van der Waals surface area contributed by atoms with Gasteiger partial charge in [0, 0.05) is 10.7 Å². The number of ether oxygens (including phenoxy) is 1. The number of hydrogen-bond donors (Lipinski definition) is 2. The lowest BCUT2D eigenvalue weighted by Crippen LogP contribution is -2.23. The molecule has 0 saturated heterocycles. The minimum absolute atomic E-state index is 0.177. The smallest absolute Gasteiger partial charge is 0.161 e. The van der Waals surface area contributed by atoms with E-state index in [0.717, 1.165) is 29.3 Å². The van der Waals surface area contributed by atoms with Crippen LogP contribution in [0.25, 0.3) is 0 Å². The Morgan fingerprint density at radius 3 is 2.33 bits per heavy atom. The number of methoxy groups -OCH3 is 1. The zero-order valence-corrected chi connectivity index (χ0v) is 15.8. The second kappa shape index (κ2) is 8.00. The van der Waals surface area contributed by atoms with E-state index in [2.05, 4.69) is 19.9 Å². The molecule has 0 aliphatic heterocycles. The molecule has 0 amide bonds. The first-order chi connectivity index (χ1) is 11.5. The maximum atomic E-state index is 10.7. The van der Waals surface area contributed by atoms with Crippen LogP contribution in [0.15, 0.2) is 42.5 Å². The van der Waals surface area contributed by atoms with Gasteiger partial charge in [-0.1, -0.05) is 58.8 Å². The predicted molar refractivity (Wildman–Crippen MR) is 102 cm³/mol. The van der Waals surface area contributed by atoms with Crippen LogP contribution in [-0.2, 0) is 5.16 Å². The van der Waals surface area contributed by atoms with Gasteiger partial charge in [-0.05, 0) is 36.7 Å². The van der Waals surface area contributed by atoms with E-state index in [1.807, 2.05) is 30.3 Å². The van der Waals surface area contributed by atoms with Gasteiger partial charge < -0.3 is 14.9 Å². The molecule has 24 heavy (non-hydrogen) atoms. The maximum Gasteiger partial charge on any atom is 0.161 e. The molecule has 2 N–H and O–H groups in total. The van der Waals surface area contributed by atoms with E-state index < -0.39 is 6.10 Å². The molecule has 130 valence electrons. The number of para-hydroxylation sites is 1. The zero-order valence-electron chi connectivity index (χ0n) is 14.8. The van der Waals surface area contributed by atoms with Gasteiger partial charge in [-0.2, -0.15) is 0 Å². The third kappa shape index (κ3) is 3.58. The lowest BCUT2D eigenvalue weighted by atomic mass is 9.91. The Bertz CT molecular complexity index is 678. The van der Waals surface area contributed by atoms with Crippen molar-refractivity contribution < 1.29 is 14.9 Å². The highest BCUT2D eigenvalue weighted by molar-refractivity contribution is 7.48. The summed E-state index contributed by atoms with van der Waals surface area (Å²) in [6.45, 7) is 6.10. The summed E-state index contributed by atoms with van der Waals surface area (Å²) in [6.07, 6.45) is 1.30. The van der Waals surface area contributed by atoms with Crippen molar-refractivity contribution in [3.63, 3.8) is 0 Å². The summed E-state index contributed by atoms with van der Waals surface area (Å²) in [5.41, 5.74) is 1.88. The van der Waals surface area contributed by atoms with Gasteiger partial charge in [0.05, 0.1) is 13.2 Å². The van der Waals surface area contributed by atoms with Gasteiger partial charge >= 0.3 is 0 Å². The molecule has 2 unspecified atom stereocenters. The summed E-state index contributed by atoms with van der Waals surface area (Å²) in [4.78, 5) is 0. The molecule has 3 nitrogen and oxygen atoms in total. The highest BCUT2D eigenvalue weighted by Crippen LogP contribution is 2.52. The Balaban J connectivity index is 2.54. The van der Waals surface area contributed by atoms with Gasteiger partial charge in [-0.15, -0.1) is 0 Å². The van der Waals surface area contributed by atoms with Crippen LogP contribution in [0.1, 0.15) is 50.8 Å². The van der Waals surface area contributed by atoms with Crippen molar-refractivity contribution in [2.75, 3.05) is 7.11 Å². The highest BCUT2D eigenvalue weighted by atomic mass is 31.1. The molecule has 2 rings (SSSR count). The van der Waals surface area contributed by atoms with E-state index in [9.17, 15) is 10.2 Å². The number of hydrogen-bond acceptors (Lipinski definition) is 3. The Labute approximate surface area is 146 Å². The van der Waals surface area contributed by atoms with Crippen molar-refractivity contribution in [3.05, 3.63) is 53.6 Å². The average Bonchev–Trinajstić information content (AvgIpc) is 2.60. The number of aliphatic hydroxyl groups is 1. The number of benzene rings is 2. The first kappa shape index (κ1) is 18.8. The molecule has 0 radical (unpaired) electrons. The van der Waals surface area contributed by atoms with E-state index in [4.69, 9.17) is 4.74 Å². The molecule has 2 aromatic rings. The number of phenolic OH excluding ortho intramolecular Hbond substituents is 1. The van der Waals surface area contributed by atoms with Crippen LogP contribution in [0.3, 0.4) is 0 Å². The molecule has 2 atom stereocenters. The van der Waals surface area contributed by atoms with Crippen molar-refractivity contribution in [3.8, 4) is 11.5 Å². The minimum atomic E-state index is -0.501. The van der Waals surface area contributed by atoms with E-state index in [1.165, 1.54) is 0 Å². The number of aromatic hydroxyl groups is 1. The van der Waals surface area contributed by atoms with Crippen LogP contribution in [0.4, 0.5) is 0 Å². The standard InChI is InChI=1S/C20H27O3P/c1-5-20(6-2,16-11-9-12-17(23-4)19(16)22)24-18-13-8-7-10-15(18)14(3)21/h7-14,21-22,24H,5-6H2,1-4H3. The average molecular weight is 346 g/mol. The first-order valence-electron chi connectivity index (χ1n) is 8.40. The second-order valence-electron chi connectivity index (χ2n) is 6.03. The number of phenols is 1. The molecule has 0 aromatic heterocycles. The van der Waals surface area contributed by atoms with E-state index in [-0.39, 0.29) is 10.9 Å². The van der Waals surface area contributed by atoms with Gasteiger partial charge in [-0.3, -0.25) is 0 Å². The molecule has 0 aliphatic carbocycles. The fourth-order valence-corrected chi connectivity index (χ4v) is 5.00. The molecule has 0 spiro atoms. The highest BCUT2D eigenvalue weighted by Gasteiger charge is 2.33. The van der Waals surface area contributed by atoms with Crippen molar-refractivity contribution in [1.29, 1.82) is 0 Å². The SMILES string of the molecule is CCC(CC)(Pc1ccccc1C(C)O)c1cccc(OC)c1O. The molecule has 0 bridgehead atoms. The number of aliphatic hydroxyl groups excluding tert-OH is 1. The van der Waals surface area contributed by atoms with Gasteiger partial charge in [-0.25, -0.2) is 0 Å². The zero-order chi connectivity index (χ0) is 17.7. The fraction of sp³-hybridized carbons (Fsp3) is 0.400. The third-order valence-electron chi connectivity index (χ3n) is 4.73. The van der Waals surface area contributed by atoms with Gasteiger partial charge in [0.2, 0.25) is 0 Å².